The molecule has 2 heterocycles. The number of piperidine rings is 1. The number of rotatable bonds is 3. The van der Waals surface area contributed by atoms with Crippen LogP contribution in [-0.2, 0) is 16.1 Å². The van der Waals surface area contributed by atoms with Crippen molar-refractivity contribution in [2.75, 3.05) is 25.0 Å². The van der Waals surface area contributed by atoms with Crippen LogP contribution in [0.5, 0.6) is 0 Å². The number of nitrogens with one attached hydrogen (secondary N) is 1. The molecule has 114 valence electrons. The number of carbonyl (C=O) groups excluding carboxylic acids is 1. The monoisotopic (exact) mass is 327 g/mol. The number of nitrogens with zero attached hydrogens (tertiary/aromatic N) is 3. The van der Waals surface area contributed by atoms with Gasteiger partial charge in [-0.1, -0.05) is 6.07 Å². The average molecular weight is 328 g/mol. The second-order valence-electron chi connectivity index (χ2n) is 5.10. The van der Waals surface area contributed by atoms with Crippen LogP contribution in [-0.4, -0.2) is 36.5 Å². The van der Waals surface area contributed by atoms with E-state index < -0.39 is 0 Å². The molecule has 2 aliphatic heterocycles. The lowest BCUT2D eigenvalue weighted by Gasteiger charge is -2.29. The van der Waals surface area contributed by atoms with Gasteiger partial charge in [-0.15, -0.1) is 12.4 Å². The minimum atomic E-state index is -0.0130. The topological polar surface area (TPSA) is 83.1 Å². The van der Waals surface area contributed by atoms with Gasteiger partial charge in [0.2, 0.25) is 5.91 Å². The summed E-state index contributed by atoms with van der Waals surface area (Å²) in [6.07, 6.45) is 1.91. The largest absolute Gasteiger partial charge is 0.328 e. The van der Waals surface area contributed by atoms with Crippen molar-refractivity contribution in [3.63, 3.8) is 0 Å². The van der Waals surface area contributed by atoms with E-state index in [-0.39, 0.29) is 24.4 Å². The third kappa shape index (κ3) is 3.88. The van der Waals surface area contributed by atoms with Crippen LogP contribution in [0.25, 0.3) is 0 Å². The Kier molecular flexibility index (Phi) is 5.46. The molecule has 2 aliphatic rings. The number of anilines is 1. The molecule has 6 nitrogen and oxygen atoms in total. The predicted octanol–water partition coefficient (Wildman–Crippen LogP) is 2.20. The molecule has 0 atom stereocenters. The molecule has 0 aromatic heterocycles. The van der Waals surface area contributed by atoms with Crippen LogP contribution in [0.1, 0.15) is 12.8 Å². The third-order valence-corrected chi connectivity index (χ3v) is 4.10. The van der Waals surface area contributed by atoms with Crippen molar-refractivity contribution in [3.8, 4) is 0 Å². The van der Waals surface area contributed by atoms with E-state index in [0.717, 1.165) is 54.3 Å². The number of carbonyl (C=O) groups is 1. The summed E-state index contributed by atoms with van der Waals surface area (Å²) in [6.45, 7) is 2.18. The van der Waals surface area contributed by atoms with Crippen LogP contribution in [0.2, 0.25) is 0 Å². The van der Waals surface area contributed by atoms with Crippen molar-refractivity contribution in [2.24, 2.45) is 14.5 Å². The molecule has 21 heavy (non-hydrogen) atoms. The molecule has 3 rings (SSSR count). The van der Waals surface area contributed by atoms with Crippen molar-refractivity contribution in [1.82, 2.24) is 4.90 Å². The number of hydrogen-bond donors (Lipinski definition) is 2. The van der Waals surface area contributed by atoms with Gasteiger partial charge in [-0.25, -0.2) is 0 Å². The maximum Gasteiger partial charge on any atom is 0.238 e. The molecule has 0 aliphatic carbocycles. The van der Waals surface area contributed by atoms with Crippen LogP contribution in [0, 0.1) is 0 Å². The number of amides is 1. The van der Waals surface area contributed by atoms with Gasteiger partial charge in [0, 0.05) is 19.1 Å². The third-order valence-electron chi connectivity index (χ3n) is 3.56. The van der Waals surface area contributed by atoms with Gasteiger partial charge >= 0.3 is 0 Å². The van der Waals surface area contributed by atoms with Crippen molar-refractivity contribution in [2.45, 2.75) is 18.9 Å². The van der Waals surface area contributed by atoms with E-state index in [1.165, 1.54) is 0 Å². The first-order chi connectivity index (χ1) is 9.72. The molecular weight excluding hydrogens is 310 g/mol. The fourth-order valence-electron chi connectivity index (χ4n) is 2.41. The van der Waals surface area contributed by atoms with Gasteiger partial charge in [0.05, 0.1) is 23.6 Å². The SMILES string of the molecule is Cl.NC1CCN(CC(=O)Nc2cccc3c2N=S=N3)CC1. The Morgan fingerprint density at radius 1 is 1.38 bits per heavy atom. The molecule has 8 heteroatoms. The minimum absolute atomic E-state index is 0. The lowest BCUT2D eigenvalue weighted by atomic mass is 10.1. The minimum Gasteiger partial charge on any atom is -0.328 e. The highest BCUT2D eigenvalue weighted by atomic mass is 35.5. The first kappa shape index (κ1) is 16.1. The summed E-state index contributed by atoms with van der Waals surface area (Å²) in [4.78, 5) is 14.2. The highest BCUT2D eigenvalue weighted by Gasteiger charge is 2.19. The summed E-state index contributed by atoms with van der Waals surface area (Å²) in [5.41, 5.74) is 8.16. The number of benzene rings is 1. The number of nitrogens with two attached hydrogens (primary N) is 1. The zero-order valence-electron chi connectivity index (χ0n) is 11.5. The van der Waals surface area contributed by atoms with Crippen molar-refractivity contribution < 1.29 is 4.79 Å². The maximum absolute atomic E-state index is 12.1. The first-order valence-electron chi connectivity index (χ1n) is 6.71. The lowest BCUT2D eigenvalue weighted by molar-refractivity contribution is -0.117. The molecule has 1 saturated heterocycles. The summed E-state index contributed by atoms with van der Waals surface area (Å²) < 4.78 is 8.38. The smallest absolute Gasteiger partial charge is 0.238 e. The molecule has 0 spiro atoms. The molecule has 1 aromatic carbocycles. The van der Waals surface area contributed by atoms with E-state index in [0.29, 0.717) is 6.54 Å². The molecule has 0 bridgehead atoms. The second-order valence-corrected chi connectivity index (χ2v) is 5.63. The zero-order chi connectivity index (χ0) is 13.9. The molecule has 1 aromatic rings. The summed E-state index contributed by atoms with van der Waals surface area (Å²) in [5.74, 6) is -0.0130. The average Bonchev–Trinajstić information content (AvgIpc) is 2.91. The van der Waals surface area contributed by atoms with Gasteiger partial charge in [0.1, 0.15) is 11.4 Å². The number of halogens is 1. The number of fused-ring (bicyclic) bond motifs is 1. The zero-order valence-corrected chi connectivity index (χ0v) is 13.1. The summed E-state index contributed by atoms with van der Waals surface area (Å²) in [6, 6.07) is 5.90. The van der Waals surface area contributed by atoms with E-state index in [1.54, 1.807) is 0 Å². The van der Waals surface area contributed by atoms with E-state index in [2.05, 4.69) is 18.9 Å². The van der Waals surface area contributed by atoms with Crippen LogP contribution >= 0.6 is 12.4 Å². The van der Waals surface area contributed by atoms with Gasteiger partial charge < -0.3 is 11.1 Å². The Balaban J connectivity index is 0.00000161. The summed E-state index contributed by atoms with van der Waals surface area (Å²) in [7, 11) is 0. The Morgan fingerprint density at radius 2 is 2.14 bits per heavy atom. The van der Waals surface area contributed by atoms with Gasteiger partial charge in [0.25, 0.3) is 0 Å². The van der Waals surface area contributed by atoms with Crippen molar-refractivity contribution in [3.05, 3.63) is 18.2 Å². The Hall–Kier alpha value is -1.28. The van der Waals surface area contributed by atoms with E-state index in [1.807, 2.05) is 18.2 Å². The Labute approximate surface area is 133 Å². The van der Waals surface area contributed by atoms with E-state index in [9.17, 15) is 4.79 Å². The lowest BCUT2D eigenvalue weighted by Crippen LogP contribution is -2.43. The van der Waals surface area contributed by atoms with E-state index >= 15 is 0 Å². The summed E-state index contributed by atoms with van der Waals surface area (Å²) in [5, 5.41) is 2.92. The molecule has 3 N–H and O–H groups in total. The quantitative estimate of drug-likeness (QED) is 0.906. The Morgan fingerprint density at radius 3 is 2.90 bits per heavy atom. The molecular formula is C13H18ClN5OS. The van der Waals surface area contributed by atoms with Crippen LogP contribution < -0.4 is 11.1 Å². The van der Waals surface area contributed by atoms with Gasteiger partial charge in [-0.3, -0.25) is 9.69 Å². The second kappa shape index (κ2) is 7.13. The molecule has 1 fully saturated rings. The predicted molar refractivity (Wildman–Crippen MR) is 87.5 cm³/mol. The highest BCUT2D eigenvalue weighted by Crippen LogP contribution is 2.38. The number of hydrogen-bond acceptors (Lipinski definition) is 5. The molecule has 0 unspecified atom stereocenters. The maximum atomic E-state index is 12.1. The van der Waals surface area contributed by atoms with Gasteiger partial charge in [0.15, 0.2) is 0 Å². The van der Waals surface area contributed by atoms with Crippen molar-refractivity contribution in [1.29, 1.82) is 0 Å². The fraction of sp³-hybridized carbons (Fsp3) is 0.462. The standard InChI is InChI=1S/C13H17N5OS.ClH/c14-9-4-6-18(7-5-9)8-12(19)15-10-2-1-3-11-13(10)17-20-16-11;/h1-3,9H,4-8,14H2,(H,15,19);1H. The molecule has 0 radical (unpaired) electrons. The van der Waals surface area contributed by atoms with Gasteiger partial charge in [-0.05, 0) is 25.0 Å². The number of likely N-dealkylation sites (tertiary alicyclic amines) is 1. The van der Waals surface area contributed by atoms with Gasteiger partial charge in [-0.2, -0.15) is 8.73 Å². The Bertz CT molecular complexity index is 594. The van der Waals surface area contributed by atoms with E-state index in [4.69, 9.17) is 5.73 Å². The van der Waals surface area contributed by atoms with Crippen LogP contribution in [0.3, 0.4) is 0 Å². The fourth-order valence-corrected chi connectivity index (χ4v) is 2.96. The van der Waals surface area contributed by atoms with Crippen molar-refractivity contribution >= 4 is 46.7 Å². The molecule has 1 amide bonds. The highest BCUT2D eigenvalue weighted by molar-refractivity contribution is 7.58. The van der Waals surface area contributed by atoms with Crippen LogP contribution in [0.15, 0.2) is 26.9 Å². The first-order valence-corrected chi connectivity index (χ1v) is 7.44. The summed E-state index contributed by atoms with van der Waals surface area (Å²) >= 11 is 1.15. The molecule has 0 saturated carbocycles. The van der Waals surface area contributed by atoms with Crippen LogP contribution in [0.4, 0.5) is 17.1 Å². The normalized spacial score (nSPS) is 17.8.